The Hall–Kier alpha value is -4.40. The number of sulfonamides is 2. The molecule has 6 nitrogen and oxygen atoms in total. The van der Waals surface area contributed by atoms with E-state index in [0.29, 0.717) is 22.0 Å². The van der Waals surface area contributed by atoms with Crippen LogP contribution in [0.15, 0.2) is 161 Å². The van der Waals surface area contributed by atoms with Crippen LogP contribution in [0.1, 0.15) is 0 Å². The predicted octanol–water partition coefficient (Wildman–Crippen LogP) is 6.73. The third kappa shape index (κ3) is 6.54. The molecule has 0 fully saturated rings. The van der Waals surface area contributed by atoms with Crippen LogP contribution in [0, 0.1) is 0 Å². The van der Waals surface area contributed by atoms with Gasteiger partial charge in [-0.3, -0.25) is 4.31 Å². The standard InChI is InChI=1S/C18H15NO2S.C13H13NO2S/c20-22(21,18-14-8-3-9-15-18)19(16-10-4-1-5-11-16)17-12-6-2-7-13-17;1-14(12-8-4-2-5-9-12)17(15,16)13-10-6-3-7-11-13/h1-15H;2-11H,1H3. The highest BCUT2D eigenvalue weighted by Crippen LogP contribution is 2.31. The molecular weight excluding hydrogens is 528 g/mol. The summed E-state index contributed by atoms with van der Waals surface area (Å²) in [6.45, 7) is 0. The van der Waals surface area contributed by atoms with Gasteiger partial charge in [-0.05, 0) is 60.7 Å². The molecule has 5 rings (SSSR count). The van der Waals surface area contributed by atoms with Crippen LogP contribution in [-0.2, 0) is 20.0 Å². The highest BCUT2D eigenvalue weighted by Gasteiger charge is 2.26. The van der Waals surface area contributed by atoms with Crippen molar-refractivity contribution in [2.75, 3.05) is 15.7 Å². The van der Waals surface area contributed by atoms with Crippen LogP contribution in [0.25, 0.3) is 0 Å². The average molecular weight is 557 g/mol. The van der Waals surface area contributed by atoms with Crippen LogP contribution in [0.4, 0.5) is 17.1 Å². The van der Waals surface area contributed by atoms with Gasteiger partial charge in [0.15, 0.2) is 0 Å². The number of para-hydroxylation sites is 3. The second-order valence-electron chi connectivity index (χ2n) is 8.37. The van der Waals surface area contributed by atoms with Crippen molar-refractivity contribution in [3.05, 3.63) is 152 Å². The van der Waals surface area contributed by atoms with Crippen molar-refractivity contribution in [3.8, 4) is 0 Å². The van der Waals surface area contributed by atoms with Gasteiger partial charge in [-0.1, -0.05) is 91.0 Å². The molecule has 0 saturated carbocycles. The Morgan fingerprint density at radius 2 is 0.667 bits per heavy atom. The van der Waals surface area contributed by atoms with E-state index in [1.165, 1.54) is 8.61 Å². The van der Waals surface area contributed by atoms with Gasteiger partial charge in [-0.25, -0.2) is 21.1 Å². The smallest absolute Gasteiger partial charge is 0.268 e. The van der Waals surface area contributed by atoms with E-state index in [9.17, 15) is 16.8 Å². The molecule has 0 N–H and O–H groups in total. The van der Waals surface area contributed by atoms with E-state index in [4.69, 9.17) is 0 Å². The quantitative estimate of drug-likeness (QED) is 0.223. The molecule has 5 aromatic rings. The highest BCUT2D eigenvalue weighted by molar-refractivity contribution is 7.93. The second-order valence-corrected chi connectivity index (χ2v) is 12.1. The van der Waals surface area contributed by atoms with Crippen LogP contribution in [0.2, 0.25) is 0 Å². The molecule has 0 aliphatic carbocycles. The lowest BCUT2D eigenvalue weighted by molar-refractivity contribution is 0.593. The normalized spacial score (nSPS) is 11.1. The third-order valence-electron chi connectivity index (χ3n) is 5.78. The average Bonchev–Trinajstić information content (AvgIpc) is 2.99. The first-order chi connectivity index (χ1) is 18.8. The summed E-state index contributed by atoms with van der Waals surface area (Å²) in [7, 11) is -5.58. The molecule has 0 aliphatic rings. The lowest BCUT2D eigenvalue weighted by Gasteiger charge is -2.24. The minimum Gasteiger partial charge on any atom is -0.269 e. The van der Waals surface area contributed by atoms with Crippen LogP contribution >= 0.6 is 0 Å². The Balaban J connectivity index is 0.000000187. The fourth-order valence-electron chi connectivity index (χ4n) is 3.78. The molecule has 0 aliphatic heterocycles. The first-order valence-corrected chi connectivity index (χ1v) is 15.0. The summed E-state index contributed by atoms with van der Waals surface area (Å²) in [4.78, 5) is 0.564. The fourth-order valence-corrected chi connectivity index (χ4v) is 6.51. The number of nitrogens with zero attached hydrogens (tertiary/aromatic N) is 2. The molecule has 8 heteroatoms. The van der Waals surface area contributed by atoms with E-state index in [1.54, 1.807) is 104 Å². The molecule has 0 radical (unpaired) electrons. The summed E-state index contributed by atoms with van der Waals surface area (Å²) < 4.78 is 53.3. The van der Waals surface area contributed by atoms with E-state index in [0.717, 1.165) is 0 Å². The summed E-state index contributed by atoms with van der Waals surface area (Å²) in [5.41, 5.74) is 1.87. The van der Waals surface area contributed by atoms with Crippen LogP contribution in [0.5, 0.6) is 0 Å². The molecule has 0 unspecified atom stereocenters. The Morgan fingerprint density at radius 3 is 1.03 bits per heavy atom. The first-order valence-electron chi connectivity index (χ1n) is 12.1. The van der Waals surface area contributed by atoms with Crippen molar-refractivity contribution in [2.24, 2.45) is 0 Å². The van der Waals surface area contributed by atoms with E-state index >= 15 is 0 Å². The van der Waals surface area contributed by atoms with Crippen molar-refractivity contribution >= 4 is 37.1 Å². The van der Waals surface area contributed by atoms with Crippen molar-refractivity contribution in [2.45, 2.75) is 9.79 Å². The second kappa shape index (κ2) is 12.4. The zero-order chi connectivity index (χ0) is 27.7. The summed E-state index contributed by atoms with van der Waals surface area (Å²) >= 11 is 0. The molecule has 0 aromatic heterocycles. The third-order valence-corrected chi connectivity index (χ3v) is 9.35. The maximum absolute atomic E-state index is 13.1. The zero-order valence-electron chi connectivity index (χ0n) is 21.3. The van der Waals surface area contributed by atoms with E-state index < -0.39 is 20.0 Å². The highest BCUT2D eigenvalue weighted by atomic mass is 32.2. The lowest BCUT2D eigenvalue weighted by Crippen LogP contribution is -2.26. The van der Waals surface area contributed by atoms with Crippen LogP contribution in [-0.4, -0.2) is 23.9 Å². The van der Waals surface area contributed by atoms with E-state index in [2.05, 4.69) is 0 Å². The Bertz CT molecular complexity index is 1630. The van der Waals surface area contributed by atoms with Gasteiger partial charge < -0.3 is 0 Å². The Labute approximate surface area is 230 Å². The molecular formula is C31H28N2O4S2. The van der Waals surface area contributed by atoms with Gasteiger partial charge in [-0.2, -0.15) is 0 Å². The van der Waals surface area contributed by atoms with Gasteiger partial charge in [0.05, 0.1) is 26.9 Å². The summed E-state index contributed by atoms with van der Waals surface area (Å²) in [6.07, 6.45) is 0. The first kappa shape index (κ1) is 27.6. The number of benzene rings is 5. The van der Waals surface area contributed by atoms with Gasteiger partial charge in [0.1, 0.15) is 0 Å². The Morgan fingerprint density at radius 1 is 0.385 bits per heavy atom. The monoisotopic (exact) mass is 556 g/mol. The maximum Gasteiger partial charge on any atom is 0.268 e. The Kier molecular flexibility index (Phi) is 8.81. The van der Waals surface area contributed by atoms with Crippen molar-refractivity contribution in [1.82, 2.24) is 0 Å². The summed E-state index contributed by atoms with van der Waals surface area (Å²) in [5, 5.41) is 0. The van der Waals surface area contributed by atoms with Crippen molar-refractivity contribution in [1.29, 1.82) is 0 Å². The molecule has 39 heavy (non-hydrogen) atoms. The largest absolute Gasteiger partial charge is 0.269 e. The van der Waals surface area contributed by atoms with Gasteiger partial charge >= 0.3 is 0 Å². The zero-order valence-corrected chi connectivity index (χ0v) is 22.9. The number of hydrogen-bond donors (Lipinski definition) is 0. The lowest BCUT2D eigenvalue weighted by atomic mass is 10.3. The number of rotatable bonds is 7. The number of hydrogen-bond acceptors (Lipinski definition) is 4. The topological polar surface area (TPSA) is 74.8 Å². The molecule has 5 aromatic carbocycles. The number of anilines is 3. The molecule has 0 spiro atoms. The van der Waals surface area contributed by atoms with Gasteiger partial charge in [0.2, 0.25) is 0 Å². The fraction of sp³-hybridized carbons (Fsp3) is 0.0323. The molecule has 198 valence electrons. The predicted molar refractivity (Wildman–Crippen MR) is 157 cm³/mol. The molecule has 0 saturated heterocycles. The molecule has 0 bridgehead atoms. The minimum absolute atomic E-state index is 0.266. The molecule has 0 atom stereocenters. The minimum atomic E-state index is -3.67. The maximum atomic E-state index is 13.1. The SMILES string of the molecule is CN(c1ccccc1)S(=O)(=O)c1ccccc1.O=S(=O)(c1ccccc1)N(c1ccccc1)c1ccccc1. The van der Waals surface area contributed by atoms with Gasteiger partial charge in [0.25, 0.3) is 20.0 Å². The van der Waals surface area contributed by atoms with Crippen molar-refractivity contribution < 1.29 is 16.8 Å². The summed E-state index contributed by atoms with van der Waals surface area (Å²) in [6, 6.07) is 44.0. The van der Waals surface area contributed by atoms with Gasteiger partial charge in [0, 0.05) is 7.05 Å². The van der Waals surface area contributed by atoms with Crippen molar-refractivity contribution in [3.63, 3.8) is 0 Å². The van der Waals surface area contributed by atoms with Crippen LogP contribution < -0.4 is 8.61 Å². The molecule has 0 amide bonds. The van der Waals surface area contributed by atoms with E-state index in [1.807, 2.05) is 54.6 Å². The van der Waals surface area contributed by atoms with E-state index in [-0.39, 0.29) is 4.90 Å². The summed E-state index contributed by atoms with van der Waals surface area (Å²) in [5.74, 6) is 0. The van der Waals surface area contributed by atoms with Crippen LogP contribution in [0.3, 0.4) is 0 Å². The molecule has 0 heterocycles. The van der Waals surface area contributed by atoms with Gasteiger partial charge in [-0.15, -0.1) is 0 Å².